The molecule has 0 aliphatic heterocycles. The molecule has 0 radical (unpaired) electrons. The van der Waals surface area contributed by atoms with E-state index in [2.05, 4.69) is 4.90 Å². The number of carbonyl (C=O) groups excluding carboxylic acids is 2. The van der Waals surface area contributed by atoms with Crippen LogP contribution in [-0.2, 0) is 51.7 Å². The van der Waals surface area contributed by atoms with Gasteiger partial charge >= 0.3 is 12.2 Å². The number of hydrogen-bond acceptors (Lipinski definition) is 13. The second kappa shape index (κ2) is 27.6. The highest BCUT2D eigenvalue weighted by Crippen LogP contribution is 2.25. The fraction of sp³-hybridized carbons (Fsp3) is 0.373. The van der Waals surface area contributed by atoms with E-state index in [-0.39, 0.29) is 52.9 Å². The third-order valence-corrected chi connectivity index (χ3v) is 9.98. The van der Waals surface area contributed by atoms with Gasteiger partial charge in [0.25, 0.3) is 0 Å². The topological polar surface area (TPSA) is 136 Å². The summed E-state index contributed by atoms with van der Waals surface area (Å²) in [5.41, 5.74) is 4.76. The molecule has 0 heterocycles. The molecule has 5 rings (SSSR count). The summed E-state index contributed by atoms with van der Waals surface area (Å²) in [5.74, 6) is 4.22. The van der Waals surface area contributed by atoms with E-state index in [0.717, 1.165) is 50.8 Å². The summed E-state index contributed by atoms with van der Waals surface area (Å²) in [6.07, 6.45) is -0.907. The third-order valence-electron chi connectivity index (χ3n) is 9.98. The van der Waals surface area contributed by atoms with Gasteiger partial charge in [-0.15, -0.1) is 0 Å². The van der Waals surface area contributed by atoms with Crippen molar-refractivity contribution in [2.45, 2.75) is 32.7 Å². The van der Waals surface area contributed by atoms with E-state index in [9.17, 15) is 9.59 Å². The van der Waals surface area contributed by atoms with Crippen molar-refractivity contribution >= 4 is 12.2 Å². The molecule has 66 heavy (non-hydrogen) atoms. The lowest BCUT2D eigenvalue weighted by molar-refractivity contribution is 0.0420. The maximum atomic E-state index is 13.3. The van der Waals surface area contributed by atoms with Gasteiger partial charge in [-0.05, 0) is 103 Å². The molecule has 0 bridgehead atoms. The predicted molar refractivity (Wildman–Crippen MR) is 250 cm³/mol. The molecule has 5 aromatic rings. The molecule has 0 fully saturated rings. The molecule has 15 nitrogen and oxygen atoms in total. The first-order valence-electron chi connectivity index (χ1n) is 21.7. The van der Waals surface area contributed by atoms with Gasteiger partial charge < -0.3 is 52.3 Å². The Morgan fingerprint density at radius 2 is 0.667 bits per heavy atom. The van der Waals surface area contributed by atoms with Crippen molar-refractivity contribution in [2.24, 2.45) is 0 Å². The van der Waals surface area contributed by atoms with E-state index in [4.69, 9.17) is 47.4 Å². The van der Waals surface area contributed by atoms with E-state index < -0.39 is 12.2 Å². The van der Waals surface area contributed by atoms with Crippen molar-refractivity contribution in [3.63, 3.8) is 0 Å². The molecule has 0 saturated heterocycles. The van der Waals surface area contributed by atoms with Gasteiger partial charge in [0.2, 0.25) is 0 Å². The third kappa shape index (κ3) is 17.7. The Labute approximate surface area is 388 Å². The first-order valence-corrected chi connectivity index (χ1v) is 21.7. The Morgan fingerprint density at radius 1 is 0.364 bits per heavy atom. The smallest absolute Gasteiger partial charge is 0.410 e. The summed E-state index contributed by atoms with van der Waals surface area (Å²) in [4.78, 5) is 31.9. The molecule has 15 heteroatoms. The molecule has 0 atom stereocenters. The number of hydrogen-bond donors (Lipinski definition) is 0. The van der Waals surface area contributed by atoms with Crippen LogP contribution in [0.4, 0.5) is 9.59 Å². The number of carbonyl (C=O) groups is 2. The standard InChI is InChI=1S/C51H63N3O12/c1-52(2)34-43-31-48(63-27-23-61-25-29-65-50(55)53(35-39-7-15-44(57-3)16-8-39)36-40-9-17-45(58-4)18-10-40)33-49(32-43)64-28-24-62-26-30-66-51(56)54(37-41-11-19-46(59-5)20-12-41)38-42-13-21-47(60-6)22-14-42/h7-22,31-33H,23-30,34-38H2,1-6H3. The highest BCUT2D eigenvalue weighted by Gasteiger charge is 2.18. The van der Waals surface area contributed by atoms with Crippen molar-refractivity contribution in [1.29, 1.82) is 0 Å². The summed E-state index contributed by atoms with van der Waals surface area (Å²) in [5, 5.41) is 0. The first kappa shape index (κ1) is 50.3. The number of amides is 2. The van der Waals surface area contributed by atoms with Crippen molar-refractivity contribution < 1.29 is 57.0 Å². The fourth-order valence-electron chi connectivity index (χ4n) is 6.63. The van der Waals surface area contributed by atoms with Gasteiger partial charge in [0.05, 0.1) is 54.9 Å². The summed E-state index contributed by atoms with van der Waals surface area (Å²) in [6, 6.07) is 36.0. The molecular formula is C51H63N3O12. The van der Waals surface area contributed by atoms with Crippen LogP contribution >= 0.6 is 0 Å². The van der Waals surface area contributed by atoms with Crippen molar-refractivity contribution in [3.8, 4) is 34.5 Å². The number of benzene rings is 5. The van der Waals surface area contributed by atoms with Crippen LogP contribution < -0.4 is 28.4 Å². The zero-order valence-electron chi connectivity index (χ0n) is 38.9. The lowest BCUT2D eigenvalue weighted by atomic mass is 10.1. The molecular weight excluding hydrogens is 847 g/mol. The Hall–Kier alpha value is -6.68. The number of methoxy groups -OCH3 is 4. The molecule has 0 unspecified atom stereocenters. The fourth-order valence-corrected chi connectivity index (χ4v) is 6.63. The molecule has 0 aliphatic rings. The van der Waals surface area contributed by atoms with Gasteiger partial charge in [-0.3, -0.25) is 9.80 Å². The van der Waals surface area contributed by atoms with E-state index in [1.54, 1.807) is 38.2 Å². The lowest BCUT2D eigenvalue weighted by Crippen LogP contribution is -2.31. The minimum atomic E-state index is -0.453. The van der Waals surface area contributed by atoms with Crippen LogP contribution in [-0.4, -0.2) is 122 Å². The summed E-state index contributed by atoms with van der Waals surface area (Å²) in [6.45, 7) is 3.77. The first-order chi connectivity index (χ1) is 32.1. The maximum Gasteiger partial charge on any atom is 0.410 e. The molecule has 5 aromatic carbocycles. The average Bonchev–Trinajstić information content (AvgIpc) is 3.33. The van der Waals surface area contributed by atoms with Gasteiger partial charge in [0.15, 0.2) is 0 Å². The highest BCUT2D eigenvalue weighted by molar-refractivity contribution is 5.68. The van der Waals surface area contributed by atoms with Gasteiger partial charge in [0, 0.05) is 38.8 Å². The maximum absolute atomic E-state index is 13.3. The van der Waals surface area contributed by atoms with E-state index in [0.29, 0.717) is 44.2 Å². The predicted octanol–water partition coefficient (Wildman–Crippen LogP) is 8.25. The van der Waals surface area contributed by atoms with Gasteiger partial charge in [-0.25, -0.2) is 9.59 Å². The van der Waals surface area contributed by atoms with Crippen LogP contribution in [0.1, 0.15) is 27.8 Å². The quantitative estimate of drug-likeness (QED) is 0.0446. The molecule has 354 valence electrons. The molecule has 0 aromatic heterocycles. The normalized spacial score (nSPS) is 10.8. The second-order valence-electron chi connectivity index (χ2n) is 15.3. The van der Waals surface area contributed by atoms with Crippen LogP contribution in [0.25, 0.3) is 0 Å². The van der Waals surface area contributed by atoms with Crippen LogP contribution in [0, 0.1) is 0 Å². The summed E-state index contributed by atoms with van der Waals surface area (Å²) >= 11 is 0. The molecule has 0 saturated carbocycles. The average molecular weight is 910 g/mol. The van der Waals surface area contributed by atoms with Crippen LogP contribution in [0.3, 0.4) is 0 Å². The molecule has 0 spiro atoms. The van der Waals surface area contributed by atoms with Gasteiger partial charge in [-0.2, -0.15) is 0 Å². The van der Waals surface area contributed by atoms with Gasteiger partial charge in [0.1, 0.15) is 60.9 Å². The van der Waals surface area contributed by atoms with Gasteiger partial charge in [-0.1, -0.05) is 48.5 Å². The summed E-state index contributed by atoms with van der Waals surface area (Å²) < 4.78 is 56.0. The zero-order chi connectivity index (χ0) is 46.9. The number of rotatable bonds is 28. The van der Waals surface area contributed by atoms with Crippen molar-refractivity contribution in [1.82, 2.24) is 14.7 Å². The number of ether oxygens (including phenoxy) is 10. The zero-order valence-corrected chi connectivity index (χ0v) is 38.9. The SMILES string of the molecule is COc1ccc(CN(Cc2ccc(OC)cc2)C(=O)OCCOCCOc2cc(CN(C)C)cc(OCCOCCOC(=O)N(Cc3ccc(OC)cc3)Cc3ccc(OC)cc3)c2)cc1. The molecule has 2 amide bonds. The largest absolute Gasteiger partial charge is 0.497 e. The highest BCUT2D eigenvalue weighted by atomic mass is 16.6. The van der Waals surface area contributed by atoms with Crippen LogP contribution in [0.2, 0.25) is 0 Å². The molecule has 0 N–H and O–H groups in total. The van der Waals surface area contributed by atoms with Crippen LogP contribution in [0.5, 0.6) is 34.5 Å². The minimum absolute atomic E-state index is 0.0784. The van der Waals surface area contributed by atoms with E-state index >= 15 is 0 Å². The Balaban J connectivity index is 1.02. The van der Waals surface area contributed by atoms with E-state index in [1.165, 1.54) is 0 Å². The Morgan fingerprint density at radius 3 is 0.955 bits per heavy atom. The Kier molecular flexibility index (Phi) is 21.0. The lowest BCUT2D eigenvalue weighted by Gasteiger charge is -2.23. The van der Waals surface area contributed by atoms with Crippen LogP contribution in [0.15, 0.2) is 115 Å². The monoisotopic (exact) mass is 909 g/mol. The number of nitrogens with zero attached hydrogens (tertiary/aromatic N) is 3. The van der Waals surface area contributed by atoms with E-state index in [1.807, 2.05) is 129 Å². The van der Waals surface area contributed by atoms with Crippen molar-refractivity contribution in [3.05, 3.63) is 143 Å². The summed E-state index contributed by atoms with van der Waals surface area (Å²) in [7, 11) is 10.4. The Bertz CT molecular complexity index is 1920. The minimum Gasteiger partial charge on any atom is -0.497 e. The second-order valence-corrected chi connectivity index (χ2v) is 15.3. The molecule has 0 aliphatic carbocycles. The van der Waals surface area contributed by atoms with Crippen molar-refractivity contribution in [2.75, 3.05) is 95.4 Å².